The molecule has 0 bridgehead atoms. The Labute approximate surface area is 151 Å². The molecule has 1 aromatic carbocycles. The first kappa shape index (κ1) is 16.5. The van der Waals surface area contributed by atoms with E-state index in [1.54, 1.807) is 19.5 Å². The maximum absolute atomic E-state index is 5.64. The highest BCUT2D eigenvalue weighted by Gasteiger charge is 2.16. The van der Waals surface area contributed by atoms with Crippen LogP contribution in [0.4, 0.5) is 17.5 Å². The summed E-state index contributed by atoms with van der Waals surface area (Å²) in [4.78, 5) is 17.7. The van der Waals surface area contributed by atoms with Gasteiger partial charge in [0, 0.05) is 31.2 Å². The van der Waals surface area contributed by atoms with Gasteiger partial charge in [0.25, 0.3) is 0 Å². The molecular formula is C18H20N6O2. The van der Waals surface area contributed by atoms with Gasteiger partial charge in [-0.1, -0.05) is 0 Å². The molecule has 8 nitrogen and oxygen atoms in total. The lowest BCUT2D eigenvalue weighted by Gasteiger charge is -2.13. The largest absolute Gasteiger partial charge is 0.497 e. The van der Waals surface area contributed by atoms with Crippen molar-refractivity contribution in [3.05, 3.63) is 36.7 Å². The predicted molar refractivity (Wildman–Crippen MR) is 98.9 cm³/mol. The van der Waals surface area contributed by atoms with Crippen molar-refractivity contribution in [2.24, 2.45) is 0 Å². The van der Waals surface area contributed by atoms with E-state index in [4.69, 9.17) is 9.47 Å². The number of nitrogens with one attached hydrogen (secondary N) is 2. The van der Waals surface area contributed by atoms with Crippen LogP contribution in [0.2, 0.25) is 0 Å². The Balaban J connectivity index is 1.60. The number of rotatable bonds is 6. The number of methoxy groups -OCH3 is 1. The Morgan fingerprint density at radius 1 is 1.15 bits per heavy atom. The Hall–Kier alpha value is -3.00. The minimum atomic E-state index is 0.203. The molecule has 3 heterocycles. The third-order valence-corrected chi connectivity index (χ3v) is 4.20. The predicted octanol–water partition coefficient (Wildman–Crippen LogP) is 2.76. The van der Waals surface area contributed by atoms with E-state index < -0.39 is 0 Å². The second kappa shape index (κ2) is 7.49. The van der Waals surface area contributed by atoms with Crippen molar-refractivity contribution in [2.45, 2.75) is 18.9 Å². The first-order valence-corrected chi connectivity index (χ1v) is 8.57. The number of fused-ring (bicyclic) bond motifs is 1. The summed E-state index contributed by atoms with van der Waals surface area (Å²) < 4.78 is 10.8. The summed E-state index contributed by atoms with van der Waals surface area (Å²) in [7, 11) is 1.64. The average molecular weight is 352 g/mol. The fraction of sp³-hybridized carbons (Fsp3) is 0.333. The van der Waals surface area contributed by atoms with Crippen molar-refractivity contribution >= 4 is 28.6 Å². The number of hydrogen-bond acceptors (Lipinski definition) is 8. The molecule has 0 unspecified atom stereocenters. The molecule has 0 saturated carbocycles. The fourth-order valence-electron chi connectivity index (χ4n) is 2.85. The van der Waals surface area contributed by atoms with Gasteiger partial charge in [-0.05, 0) is 37.1 Å². The van der Waals surface area contributed by atoms with E-state index in [9.17, 15) is 0 Å². The molecule has 1 saturated heterocycles. The van der Waals surface area contributed by atoms with Crippen LogP contribution in [0.25, 0.3) is 11.2 Å². The lowest BCUT2D eigenvalue weighted by atomic mass is 10.2. The van der Waals surface area contributed by atoms with E-state index in [1.807, 2.05) is 24.3 Å². The molecule has 2 aromatic heterocycles. The van der Waals surface area contributed by atoms with Gasteiger partial charge in [0.1, 0.15) is 5.75 Å². The van der Waals surface area contributed by atoms with E-state index in [0.29, 0.717) is 29.5 Å². The van der Waals surface area contributed by atoms with Crippen LogP contribution in [0, 0.1) is 0 Å². The topological polar surface area (TPSA) is 94.1 Å². The zero-order valence-electron chi connectivity index (χ0n) is 14.5. The third-order valence-electron chi connectivity index (χ3n) is 4.20. The SMILES string of the molecule is COc1ccc(Nc2nc(NC[C@H]3CCCO3)nc3nccnc23)cc1. The molecule has 1 fully saturated rings. The summed E-state index contributed by atoms with van der Waals surface area (Å²) in [6, 6.07) is 7.60. The molecule has 8 heteroatoms. The molecule has 2 N–H and O–H groups in total. The van der Waals surface area contributed by atoms with Crippen LogP contribution in [0.3, 0.4) is 0 Å². The number of anilines is 3. The summed E-state index contributed by atoms with van der Waals surface area (Å²) in [5.74, 6) is 1.90. The highest BCUT2D eigenvalue weighted by atomic mass is 16.5. The van der Waals surface area contributed by atoms with Crippen LogP contribution in [0.1, 0.15) is 12.8 Å². The Morgan fingerprint density at radius 3 is 2.77 bits per heavy atom. The van der Waals surface area contributed by atoms with Gasteiger partial charge in [0.05, 0.1) is 13.2 Å². The van der Waals surface area contributed by atoms with Crippen LogP contribution >= 0.6 is 0 Å². The summed E-state index contributed by atoms with van der Waals surface area (Å²) in [6.07, 6.45) is 5.60. The van der Waals surface area contributed by atoms with Gasteiger partial charge in [-0.25, -0.2) is 9.97 Å². The third kappa shape index (κ3) is 3.65. The number of ether oxygens (including phenoxy) is 2. The fourth-order valence-corrected chi connectivity index (χ4v) is 2.85. The lowest BCUT2D eigenvalue weighted by molar-refractivity contribution is 0.120. The van der Waals surface area contributed by atoms with Crippen LogP contribution in [-0.2, 0) is 4.74 Å². The maximum atomic E-state index is 5.64. The number of benzene rings is 1. The molecular weight excluding hydrogens is 332 g/mol. The Kier molecular flexibility index (Phi) is 4.74. The zero-order valence-corrected chi connectivity index (χ0v) is 14.5. The van der Waals surface area contributed by atoms with Gasteiger partial charge in [0.15, 0.2) is 17.0 Å². The smallest absolute Gasteiger partial charge is 0.226 e. The second-order valence-corrected chi connectivity index (χ2v) is 5.99. The molecule has 0 spiro atoms. The quantitative estimate of drug-likeness (QED) is 0.699. The zero-order chi connectivity index (χ0) is 17.8. The van der Waals surface area contributed by atoms with Crippen LogP contribution in [0.15, 0.2) is 36.7 Å². The van der Waals surface area contributed by atoms with Gasteiger partial charge in [0.2, 0.25) is 5.95 Å². The number of hydrogen-bond donors (Lipinski definition) is 2. The molecule has 4 rings (SSSR count). The van der Waals surface area contributed by atoms with E-state index >= 15 is 0 Å². The standard InChI is InChI=1S/C18H20N6O2/c1-25-13-6-4-12(5-7-13)22-17-15-16(20-9-8-19-15)23-18(24-17)21-11-14-3-2-10-26-14/h4-9,14H,2-3,10-11H2,1H3,(H2,20,21,22,23,24)/t14-/m1/s1. The molecule has 0 amide bonds. The minimum absolute atomic E-state index is 0.203. The van der Waals surface area contributed by atoms with E-state index in [2.05, 4.69) is 30.6 Å². The number of nitrogens with zero attached hydrogens (tertiary/aromatic N) is 4. The first-order chi connectivity index (χ1) is 12.8. The van der Waals surface area contributed by atoms with Crippen LogP contribution < -0.4 is 15.4 Å². The van der Waals surface area contributed by atoms with Crippen molar-refractivity contribution in [2.75, 3.05) is 30.9 Å². The molecule has 134 valence electrons. The average Bonchev–Trinajstić information content (AvgIpc) is 3.21. The summed E-state index contributed by atoms with van der Waals surface area (Å²) >= 11 is 0. The monoisotopic (exact) mass is 352 g/mol. The second-order valence-electron chi connectivity index (χ2n) is 5.99. The normalized spacial score (nSPS) is 16.6. The van der Waals surface area contributed by atoms with Crippen molar-refractivity contribution in [3.63, 3.8) is 0 Å². The van der Waals surface area contributed by atoms with Gasteiger partial charge >= 0.3 is 0 Å². The first-order valence-electron chi connectivity index (χ1n) is 8.57. The lowest BCUT2D eigenvalue weighted by Crippen LogP contribution is -2.20. The molecule has 26 heavy (non-hydrogen) atoms. The molecule has 0 aliphatic carbocycles. The van der Waals surface area contributed by atoms with Crippen LogP contribution in [-0.4, -0.2) is 46.3 Å². The summed E-state index contributed by atoms with van der Waals surface area (Å²) in [5, 5.41) is 6.53. The maximum Gasteiger partial charge on any atom is 0.226 e. The Bertz CT molecular complexity index is 880. The van der Waals surface area contributed by atoms with E-state index in [1.165, 1.54) is 0 Å². The van der Waals surface area contributed by atoms with Crippen molar-refractivity contribution in [1.82, 2.24) is 19.9 Å². The van der Waals surface area contributed by atoms with E-state index in [-0.39, 0.29) is 6.10 Å². The molecule has 1 atom stereocenters. The summed E-state index contributed by atoms with van der Waals surface area (Å²) in [5.41, 5.74) is 2.03. The van der Waals surface area contributed by atoms with Crippen molar-refractivity contribution in [3.8, 4) is 5.75 Å². The van der Waals surface area contributed by atoms with Gasteiger partial charge in [-0.15, -0.1) is 0 Å². The molecule has 1 aliphatic heterocycles. The highest BCUT2D eigenvalue weighted by Crippen LogP contribution is 2.24. The van der Waals surface area contributed by atoms with Crippen molar-refractivity contribution < 1.29 is 9.47 Å². The molecule has 3 aromatic rings. The highest BCUT2D eigenvalue weighted by molar-refractivity contribution is 5.85. The van der Waals surface area contributed by atoms with E-state index in [0.717, 1.165) is 30.9 Å². The number of aromatic nitrogens is 4. The molecule has 0 radical (unpaired) electrons. The minimum Gasteiger partial charge on any atom is -0.497 e. The van der Waals surface area contributed by atoms with Gasteiger partial charge in [-0.2, -0.15) is 9.97 Å². The van der Waals surface area contributed by atoms with Gasteiger partial charge < -0.3 is 20.1 Å². The summed E-state index contributed by atoms with van der Waals surface area (Å²) in [6.45, 7) is 1.49. The van der Waals surface area contributed by atoms with Crippen LogP contribution in [0.5, 0.6) is 5.75 Å². The van der Waals surface area contributed by atoms with Gasteiger partial charge in [-0.3, -0.25) is 0 Å². The molecule has 1 aliphatic rings. The van der Waals surface area contributed by atoms with Crippen molar-refractivity contribution in [1.29, 1.82) is 0 Å². The Morgan fingerprint density at radius 2 is 2.00 bits per heavy atom.